The number of rotatable bonds is 7. The number of methoxy groups -OCH3 is 1. The van der Waals surface area contributed by atoms with Gasteiger partial charge in [0.05, 0.1) is 39.1 Å². The van der Waals surface area contributed by atoms with Gasteiger partial charge in [-0.05, 0) is 50.6 Å². The van der Waals surface area contributed by atoms with Gasteiger partial charge in [-0.2, -0.15) is 5.26 Å². The number of carbonyl (C=O) groups excluding carboxylic acids is 2. The van der Waals surface area contributed by atoms with E-state index in [0.717, 1.165) is 0 Å². The minimum Gasteiger partial charge on any atom is -0.497 e. The summed E-state index contributed by atoms with van der Waals surface area (Å²) in [5.74, 6) is -0.541. The summed E-state index contributed by atoms with van der Waals surface area (Å²) >= 11 is 12.3. The van der Waals surface area contributed by atoms with Gasteiger partial charge in [0.25, 0.3) is 0 Å². The first-order valence-electron chi connectivity index (χ1n) is 12.4. The molecule has 39 heavy (non-hydrogen) atoms. The van der Waals surface area contributed by atoms with Gasteiger partial charge in [0.15, 0.2) is 9.84 Å². The Hall–Kier alpha value is -2.91. The number of hydrogen-bond donors (Lipinski definition) is 1. The van der Waals surface area contributed by atoms with Crippen LogP contribution in [0.1, 0.15) is 25.0 Å². The van der Waals surface area contributed by atoms with E-state index in [9.17, 15) is 23.3 Å². The van der Waals surface area contributed by atoms with E-state index in [1.54, 1.807) is 12.1 Å². The molecule has 3 aliphatic rings. The number of sulfone groups is 1. The third-order valence-electron chi connectivity index (χ3n) is 7.74. The Kier molecular flexibility index (Phi) is 7.04. The lowest BCUT2D eigenvalue weighted by atomic mass is 9.75. The molecule has 2 amide bonds. The molecule has 2 aromatic rings. The fraction of sp³-hybridized carbons (Fsp3) is 0.462. The highest BCUT2D eigenvalue weighted by Gasteiger charge is 2.57. The smallest absolute Gasteiger partial charge is 0.244 e. The second-order valence-corrected chi connectivity index (χ2v) is 13.5. The molecule has 2 aliphatic heterocycles. The number of aromatic nitrogens is 1. The predicted octanol–water partition coefficient (Wildman–Crippen LogP) is 2.20. The average Bonchev–Trinajstić information content (AvgIpc) is 3.51. The summed E-state index contributed by atoms with van der Waals surface area (Å²) < 4.78 is 32.6. The molecule has 1 aromatic carbocycles. The van der Waals surface area contributed by atoms with Crippen LogP contribution in [0.2, 0.25) is 10.0 Å². The Morgan fingerprint density at radius 2 is 1.92 bits per heavy atom. The minimum atomic E-state index is -4.05. The Morgan fingerprint density at radius 1 is 1.21 bits per heavy atom. The van der Waals surface area contributed by atoms with Gasteiger partial charge in [0.1, 0.15) is 22.7 Å². The van der Waals surface area contributed by atoms with Crippen LogP contribution >= 0.6 is 23.2 Å². The first-order chi connectivity index (χ1) is 18.4. The molecule has 0 radical (unpaired) electrons. The SMILES string of the molecule is COc1ccc(S(=O)(=O)[C@@H]2C[C@@H](C(=O)NC3(C#N)CC3)N(C(=O)C3(c4ccc(Cl)cn4)CN(C)C3)C2)c(Cl)c1. The molecular formula is C26H27Cl2N5O5S. The molecule has 206 valence electrons. The van der Waals surface area contributed by atoms with Crippen LogP contribution in [-0.4, -0.2) is 85.6 Å². The van der Waals surface area contributed by atoms with Crippen LogP contribution in [0.5, 0.6) is 5.75 Å². The number of pyridine rings is 1. The predicted molar refractivity (Wildman–Crippen MR) is 143 cm³/mol. The van der Waals surface area contributed by atoms with E-state index in [2.05, 4.69) is 16.4 Å². The van der Waals surface area contributed by atoms with Crippen LogP contribution in [0.15, 0.2) is 41.4 Å². The largest absolute Gasteiger partial charge is 0.497 e. The van der Waals surface area contributed by atoms with Crippen molar-refractivity contribution in [2.75, 3.05) is 33.8 Å². The van der Waals surface area contributed by atoms with Crippen molar-refractivity contribution in [1.82, 2.24) is 20.1 Å². The van der Waals surface area contributed by atoms with E-state index in [1.807, 2.05) is 11.9 Å². The lowest BCUT2D eigenvalue weighted by Gasteiger charge is -2.48. The van der Waals surface area contributed by atoms with Crippen LogP contribution in [0.3, 0.4) is 0 Å². The number of halogens is 2. The highest BCUT2D eigenvalue weighted by Crippen LogP contribution is 2.41. The number of amides is 2. The van der Waals surface area contributed by atoms with E-state index < -0.39 is 43.9 Å². The van der Waals surface area contributed by atoms with Gasteiger partial charge in [0, 0.05) is 31.9 Å². The number of likely N-dealkylation sites (tertiary alicyclic amines) is 2. The van der Waals surface area contributed by atoms with Crippen LogP contribution in [-0.2, 0) is 24.8 Å². The highest BCUT2D eigenvalue weighted by molar-refractivity contribution is 7.92. The number of carbonyl (C=O) groups is 2. The summed E-state index contributed by atoms with van der Waals surface area (Å²) in [6.07, 6.45) is 2.33. The first kappa shape index (κ1) is 27.6. The summed E-state index contributed by atoms with van der Waals surface area (Å²) in [7, 11) is -0.741. The van der Waals surface area contributed by atoms with Gasteiger partial charge in [0.2, 0.25) is 11.8 Å². The summed E-state index contributed by atoms with van der Waals surface area (Å²) in [4.78, 5) is 35.3. The average molecular weight is 593 g/mol. The Labute approximate surface area is 236 Å². The quantitative estimate of drug-likeness (QED) is 0.518. The molecule has 5 rings (SSSR count). The van der Waals surface area contributed by atoms with Crippen molar-refractivity contribution >= 4 is 44.9 Å². The topological polar surface area (TPSA) is 133 Å². The van der Waals surface area contributed by atoms with Crippen molar-refractivity contribution in [3.8, 4) is 11.8 Å². The number of likely N-dealkylation sites (N-methyl/N-ethyl adjacent to an activating group) is 1. The number of nitrogens with zero attached hydrogens (tertiary/aromatic N) is 4. The molecule has 2 saturated heterocycles. The van der Waals surface area contributed by atoms with Crippen molar-refractivity contribution in [2.45, 2.75) is 46.4 Å². The molecule has 10 nitrogen and oxygen atoms in total. The van der Waals surface area contributed by atoms with Crippen molar-refractivity contribution in [2.24, 2.45) is 0 Å². The summed E-state index contributed by atoms with van der Waals surface area (Å²) in [5, 5.41) is 11.6. The number of nitrogens with one attached hydrogen (secondary N) is 1. The third kappa shape index (κ3) is 4.84. The fourth-order valence-corrected chi connectivity index (χ4v) is 7.78. The number of benzene rings is 1. The van der Waals surface area contributed by atoms with E-state index >= 15 is 0 Å². The molecule has 1 saturated carbocycles. The van der Waals surface area contributed by atoms with Crippen molar-refractivity contribution < 1.29 is 22.7 Å². The lowest BCUT2D eigenvalue weighted by Crippen LogP contribution is -2.67. The zero-order chi connectivity index (χ0) is 28.2. The molecule has 1 aliphatic carbocycles. The second kappa shape index (κ2) is 9.93. The third-order valence-corrected chi connectivity index (χ3v) is 10.6. The molecular weight excluding hydrogens is 565 g/mol. The molecule has 2 atom stereocenters. The van der Waals surface area contributed by atoms with Crippen molar-refractivity contribution in [3.05, 3.63) is 52.3 Å². The molecule has 1 N–H and O–H groups in total. The monoisotopic (exact) mass is 591 g/mol. The molecule has 1 aromatic heterocycles. The van der Waals surface area contributed by atoms with Crippen LogP contribution in [0.4, 0.5) is 0 Å². The zero-order valence-electron chi connectivity index (χ0n) is 21.4. The Bertz CT molecular complexity index is 1470. The molecule has 0 spiro atoms. The summed E-state index contributed by atoms with van der Waals surface area (Å²) in [6.45, 7) is 0.477. The normalized spacial score (nSPS) is 23.4. The van der Waals surface area contributed by atoms with Crippen molar-refractivity contribution in [1.29, 1.82) is 5.26 Å². The van der Waals surface area contributed by atoms with Gasteiger partial charge in [-0.3, -0.25) is 14.6 Å². The molecule has 0 bridgehead atoms. The van der Waals surface area contributed by atoms with E-state index in [-0.39, 0.29) is 22.9 Å². The second-order valence-electron chi connectivity index (χ2n) is 10.5. The van der Waals surface area contributed by atoms with Crippen LogP contribution in [0.25, 0.3) is 0 Å². The molecule has 13 heteroatoms. The van der Waals surface area contributed by atoms with Gasteiger partial charge < -0.3 is 19.9 Å². The summed E-state index contributed by atoms with van der Waals surface area (Å²) in [6, 6.07) is 8.62. The lowest BCUT2D eigenvalue weighted by molar-refractivity contribution is -0.148. The van der Waals surface area contributed by atoms with Gasteiger partial charge in [-0.1, -0.05) is 23.2 Å². The molecule has 0 unspecified atom stereocenters. The van der Waals surface area contributed by atoms with Gasteiger partial charge in [-0.25, -0.2) is 8.42 Å². The summed E-state index contributed by atoms with van der Waals surface area (Å²) in [5.41, 5.74) is -1.55. The number of hydrogen-bond acceptors (Lipinski definition) is 8. The van der Waals surface area contributed by atoms with Crippen LogP contribution < -0.4 is 10.1 Å². The maximum atomic E-state index is 14.2. The van der Waals surface area contributed by atoms with E-state index in [0.29, 0.717) is 42.4 Å². The Morgan fingerprint density at radius 3 is 2.46 bits per heavy atom. The fourth-order valence-electron chi connectivity index (χ4n) is 5.44. The number of nitriles is 1. The Balaban J connectivity index is 1.51. The van der Waals surface area contributed by atoms with Crippen LogP contribution in [0, 0.1) is 11.3 Å². The first-order valence-corrected chi connectivity index (χ1v) is 14.7. The highest BCUT2D eigenvalue weighted by atomic mass is 35.5. The van der Waals surface area contributed by atoms with Gasteiger partial charge in [-0.15, -0.1) is 0 Å². The van der Waals surface area contributed by atoms with E-state index in [4.69, 9.17) is 27.9 Å². The maximum Gasteiger partial charge on any atom is 0.244 e. The standard InChI is InChI=1S/C26H27Cl2N5O5S/c1-32-14-26(15-32,22-6-3-16(27)11-30-22)24(35)33-12-18(10-20(33)23(34)31-25(13-29)7-8-25)39(36,37)21-5-4-17(38-2)9-19(21)28/h3-6,9,11,18,20H,7-8,10,12,14-15H2,1-2H3,(H,31,34)/t18-,20+/m1/s1. The number of ether oxygens (including phenoxy) is 1. The minimum absolute atomic E-state index is 0.0102. The molecule has 3 fully saturated rings. The van der Waals surface area contributed by atoms with Crippen molar-refractivity contribution in [3.63, 3.8) is 0 Å². The maximum absolute atomic E-state index is 14.2. The zero-order valence-corrected chi connectivity index (χ0v) is 23.7. The molecule has 3 heterocycles. The van der Waals surface area contributed by atoms with E-state index in [1.165, 1.54) is 36.4 Å². The van der Waals surface area contributed by atoms with Gasteiger partial charge >= 0.3 is 0 Å².